The Balaban J connectivity index is 2.67. The van der Waals surface area contributed by atoms with Gasteiger partial charge >= 0.3 is 0 Å². The van der Waals surface area contributed by atoms with Gasteiger partial charge in [0.2, 0.25) is 0 Å². The fourth-order valence-electron chi connectivity index (χ4n) is 2.51. The lowest BCUT2D eigenvalue weighted by atomic mass is 9.77. The summed E-state index contributed by atoms with van der Waals surface area (Å²) in [5.74, 6) is 0. The number of hydrogen-bond donors (Lipinski definition) is 0. The van der Waals surface area contributed by atoms with Gasteiger partial charge < -0.3 is 0 Å². The number of benzene rings is 1. The van der Waals surface area contributed by atoms with E-state index < -0.39 is 0 Å². The van der Waals surface area contributed by atoms with Crippen LogP contribution in [0.3, 0.4) is 0 Å². The summed E-state index contributed by atoms with van der Waals surface area (Å²) in [5, 5.41) is 0. The SMILES string of the molecule is C=CCC1(CC=C)C(Br)=C(Br)c2ccccc21. The second-order valence-corrected chi connectivity index (χ2v) is 5.83. The lowest BCUT2D eigenvalue weighted by Gasteiger charge is -2.29. The zero-order chi connectivity index (χ0) is 12.5. The zero-order valence-corrected chi connectivity index (χ0v) is 12.7. The van der Waals surface area contributed by atoms with Gasteiger partial charge in [0.05, 0.1) is 0 Å². The smallest absolute Gasteiger partial charge is 0.0361 e. The summed E-state index contributed by atoms with van der Waals surface area (Å²) >= 11 is 7.43. The molecule has 1 aliphatic carbocycles. The van der Waals surface area contributed by atoms with Gasteiger partial charge in [-0.1, -0.05) is 52.3 Å². The van der Waals surface area contributed by atoms with E-state index in [1.54, 1.807) is 0 Å². The maximum atomic E-state index is 3.89. The lowest BCUT2D eigenvalue weighted by Crippen LogP contribution is -2.23. The van der Waals surface area contributed by atoms with Crippen molar-refractivity contribution in [2.75, 3.05) is 0 Å². The van der Waals surface area contributed by atoms with E-state index in [2.05, 4.69) is 69.3 Å². The summed E-state index contributed by atoms with van der Waals surface area (Å²) in [6.45, 7) is 7.78. The van der Waals surface area contributed by atoms with Gasteiger partial charge in [0.1, 0.15) is 0 Å². The molecule has 88 valence electrons. The highest BCUT2D eigenvalue weighted by Crippen LogP contribution is 2.55. The molecule has 1 aliphatic rings. The quantitative estimate of drug-likeness (QED) is 0.622. The van der Waals surface area contributed by atoms with Crippen LogP contribution in [0.25, 0.3) is 4.48 Å². The van der Waals surface area contributed by atoms with Crippen molar-refractivity contribution in [3.8, 4) is 0 Å². The van der Waals surface area contributed by atoms with Crippen LogP contribution in [-0.2, 0) is 5.41 Å². The zero-order valence-electron chi connectivity index (χ0n) is 9.55. The molecule has 0 fully saturated rings. The van der Waals surface area contributed by atoms with Gasteiger partial charge in [-0.3, -0.25) is 0 Å². The molecule has 17 heavy (non-hydrogen) atoms. The third-order valence-corrected chi connectivity index (χ3v) is 5.79. The van der Waals surface area contributed by atoms with E-state index in [1.165, 1.54) is 15.6 Å². The number of fused-ring (bicyclic) bond motifs is 1. The molecule has 0 radical (unpaired) electrons. The molecule has 0 atom stereocenters. The fraction of sp³-hybridized carbons (Fsp3) is 0.200. The molecule has 0 unspecified atom stereocenters. The Kier molecular flexibility index (Phi) is 3.74. The van der Waals surface area contributed by atoms with Gasteiger partial charge in [-0.15, -0.1) is 13.2 Å². The van der Waals surface area contributed by atoms with Crippen molar-refractivity contribution >= 4 is 36.3 Å². The number of halogens is 2. The summed E-state index contributed by atoms with van der Waals surface area (Å²) in [6.07, 6.45) is 5.78. The standard InChI is InChI=1S/C15H14Br2/c1-3-9-15(10-4-2)12-8-6-5-7-11(12)13(16)14(15)17/h3-8H,1-2,9-10H2. The topological polar surface area (TPSA) is 0 Å². The molecule has 0 heterocycles. The second kappa shape index (κ2) is 4.95. The monoisotopic (exact) mass is 352 g/mol. The molecule has 0 aromatic heterocycles. The first kappa shape index (κ1) is 12.8. The molecule has 0 saturated carbocycles. The van der Waals surface area contributed by atoms with Crippen LogP contribution in [0.2, 0.25) is 0 Å². The maximum absolute atomic E-state index is 3.89. The molecule has 2 heteroatoms. The summed E-state index contributed by atoms with van der Waals surface area (Å²) in [6, 6.07) is 8.50. The Labute approximate surface area is 119 Å². The van der Waals surface area contributed by atoms with E-state index in [0.717, 1.165) is 17.3 Å². The van der Waals surface area contributed by atoms with Crippen molar-refractivity contribution in [3.63, 3.8) is 0 Å². The first-order valence-electron chi connectivity index (χ1n) is 5.55. The second-order valence-electron chi connectivity index (χ2n) is 4.24. The Morgan fingerprint density at radius 2 is 1.65 bits per heavy atom. The van der Waals surface area contributed by atoms with E-state index in [0.29, 0.717) is 0 Å². The molecule has 1 aromatic carbocycles. The molecule has 0 saturated heterocycles. The first-order chi connectivity index (χ1) is 8.17. The predicted molar refractivity (Wildman–Crippen MR) is 82.5 cm³/mol. The molecule has 0 amide bonds. The number of hydrogen-bond acceptors (Lipinski definition) is 0. The third kappa shape index (κ3) is 1.88. The van der Waals surface area contributed by atoms with Crippen molar-refractivity contribution in [1.29, 1.82) is 0 Å². The lowest BCUT2D eigenvalue weighted by molar-refractivity contribution is 0.554. The molecular formula is C15H14Br2. The average Bonchev–Trinajstić information content (AvgIpc) is 2.55. The first-order valence-corrected chi connectivity index (χ1v) is 7.13. The predicted octanol–water partition coefficient (Wildman–Crippen LogP) is 5.55. The van der Waals surface area contributed by atoms with Gasteiger partial charge in [0.15, 0.2) is 0 Å². The number of allylic oxidation sites excluding steroid dienone is 3. The molecule has 0 aliphatic heterocycles. The highest BCUT2D eigenvalue weighted by Gasteiger charge is 2.41. The minimum Gasteiger partial charge on any atom is -0.103 e. The molecule has 0 nitrogen and oxygen atoms in total. The van der Waals surface area contributed by atoms with Gasteiger partial charge in [-0.05, 0) is 39.9 Å². The largest absolute Gasteiger partial charge is 0.103 e. The summed E-state index contributed by atoms with van der Waals surface area (Å²) in [5.41, 5.74) is 2.58. The Hall–Kier alpha value is -0.600. The van der Waals surface area contributed by atoms with Gasteiger partial charge in [0.25, 0.3) is 0 Å². The van der Waals surface area contributed by atoms with Crippen LogP contribution in [0.5, 0.6) is 0 Å². The van der Waals surface area contributed by atoms with Crippen LogP contribution >= 0.6 is 31.9 Å². The summed E-state index contributed by atoms with van der Waals surface area (Å²) in [7, 11) is 0. The van der Waals surface area contributed by atoms with E-state index in [-0.39, 0.29) is 5.41 Å². The third-order valence-electron chi connectivity index (χ3n) is 3.28. The Bertz CT molecular complexity index is 487. The average molecular weight is 354 g/mol. The van der Waals surface area contributed by atoms with Crippen LogP contribution in [-0.4, -0.2) is 0 Å². The van der Waals surface area contributed by atoms with Crippen LogP contribution in [0.1, 0.15) is 24.0 Å². The van der Waals surface area contributed by atoms with Crippen molar-refractivity contribution < 1.29 is 0 Å². The highest BCUT2D eigenvalue weighted by atomic mass is 79.9. The molecular weight excluding hydrogens is 340 g/mol. The van der Waals surface area contributed by atoms with E-state index >= 15 is 0 Å². The van der Waals surface area contributed by atoms with Crippen LogP contribution in [0.15, 0.2) is 54.1 Å². The highest BCUT2D eigenvalue weighted by molar-refractivity contribution is 9.16. The van der Waals surface area contributed by atoms with Gasteiger partial charge in [-0.25, -0.2) is 0 Å². The van der Waals surface area contributed by atoms with E-state index in [9.17, 15) is 0 Å². The van der Waals surface area contributed by atoms with Crippen molar-refractivity contribution in [1.82, 2.24) is 0 Å². The van der Waals surface area contributed by atoms with Crippen molar-refractivity contribution in [2.45, 2.75) is 18.3 Å². The minimum absolute atomic E-state index is 0.0288. The molecule has 1 aromatic rings. The van der Waals surface area contributed by atoms with Crippen LogP contribution < -0.4 is 0 Å². The van der Waals surface area contributed by atoms with Crippen LogP contribution in [0.4, 0.5) is 0 Å². The molecule has 0 spiro atoms. The van der Waals surface area contributed by atoms with Gasteiger partial charge in [-0.2, -0.15) is 0 Å². The van der Waals surface area contributed by atoms with Crippen molar-refractivity contribution in [3.05, 3.63) is 65.2 Å². The Morgan fingerprint density at radius 1 is 1.06 bits per heavy atom. The van der Waals surface area contributed by atoms with Crippen LogP contribution in [0, 0.1) is 0 Å². The minimum atomic E-state index is -0.0288. The molecule has 0 N–H and O–H groups in total. The normalized spacial score (nSPS) is 16.8. The summed E-state index contributed by atoms with van der Waals surface area (Å²) < 4.78 is 2.35. The Morgan fingerprint density at radius 3 is 2.24 bits per heavy atom. The maximum Gasteiger partial charge on any atom is 0.0361 e. The van der Waals surface area contributed by atoms with E-state index in [1.807, 2.05) is 12.2 Å². The number of rotatable bonds is 4. The van der Waals surface area contributed by atoms with Crippen molar-refractivity contribution in [2.24, 2.45) is 0 Å². The van der Waals surface area contributed by atoms with E-state index in [4.69, 9.17) is 0 Å². The summed E-state index contributed by atoms with van der Waals surface area (Å²) in [4.78, 5) is 0. The van der Waals surface area contributed by atoms with Gasteiger partial charge in [0, 0.05) is 14.4 Å². The molecule has 0 bridgehead atoms. The fourth-order valence-corrected chi connectivity index (χ4v) is 3.99. The molecule has 2 rings (SSSR count).